The van der Waals surface area contributed by atoms with Crippen molar-refractivity contribution in [3.63, 3.8) is 0 Å². The number of aliphatic hydroxyl groups excluding tert-OH is 1. The molecule has 0 radical (unpaired) electrons. The summed E-state index contributed by atoms with van der Waals surface area (Å²) in [4.78, 5) is 14.1. The highest BCUT2D eigenvalue weighted by Gasteiger charge is 2.47. The van der Waals surface area contributed by atoms with Crippen molar-refractivity contribution in [2.45, 2.75) is 16.2 Å². The number of hydrogen-bond acceptors (Lipinski definition) is 8. The van der Waals surface area contributed by atoms with E-state index in [0.717, 1.165) is 10.5 Å². The van der Waals surface area contributed by atoms with Crippen LogP contribution in [0.2, 0.25) is 0 Å². The van der Waals surface area contributed by atoms with Gasteiger partial charge in [-0.3, -0.25) is 4.79 Å². The van der Waals surface area contributed by atoms with Crippen molar-refractivity contribution in [1.29, 1.82) is 0 Å². The molecule has 4 atom stereocenters. The molecule has 0 aliphatic carbocycles. The Morgan fingerprint density at radius 2 is 1.63 bits per heavy atom. The van der Waals surface area contributed by atoms with E-state index in [1.807, 2.05) is 48.5 Å². The van der Waals surface area contributed by atoms with Crippen LogP contribution in [0, 0.1) is 11.8 Å². The fourth-order valence-corrected chi connectivity index (χ4v) is 5.91. The van der Waals surface area contributed by atoms with Gasteiger partial charge in [0.2, 0.25) is 6.79 Å². The Hall–Kier alpha value is -3.36. The third kappa shape index (κ3) is 4.63. The number of hydrogen-bond donors (Lipinski definition) is 1. The van der Waals surface area contributed by atoms with Gasteiger partial charge in [0, 0.05) is 16.1 Å². The van der Waals surface area contributed by atoms with Crippen LogP contribution in [-0.4, -0.2) is 38.7 Å². The van der Waals surface area contributed by atoms with Crippen LogP contribution in [0.1, 0.15) is 22.5 Å². The monoisotopic (exact) mass is 494 g/mol. The van der Waals surface area contributed by atoms with E-state index in [-0.39, 0.29) is 24.6 Å². The lowest BCUT2D eigenvalue weighted by Crippen LogP contribution is -2.27. The number of rotatable bonds is 8. The van der Waals surface area contributed by atoms with Crippen LogP contribution in [0.15, 0.2) is 71.6 Å². The zero-order valence-electron chi connectivity index (χ0n) is 19.4. The summed E-state index contributed by atoms with van der Waals surface area (Å²) in [5.41, 5.74) is 1.53. The molecule has 7 nitrogen and oxygen atoms in total. The summed E-state index contributed by atoms with van der Waals surface area (Å²) in [6.45, 7) is 0.288. The van der Waals surface area contributed by atoms with E-state index in [1.165, 1.54) is 0 Å². The van der Waals surface area contributed by atoms with Crippen LogP contribution in [0.4, 0.5) is 0 Å². The summed E-state index contributed by atoms with van der Waals surface area (Å²) in [7, 11) is 3.11. The molecule has 0 spiro atoms. The highest BCUT2D eigenvalue weighted by atomic mass is 32.2. The van der Waals surface area contributed by atoms with Crippen LogP contribution < -0.4 is 18.9 Å². The minimum absolute atomic E-state index is 0.120. The van der Waals surface area contributed by atoms with E-state index < -0.39 is 17.9 Å². The van der Waals surface area contributed by atoms with Crippen molar-refractivity contribution in [2.24, 2.45) is 11.8 Å². The SMILES string of the molecule is COc1ccc(C(O)C2COC(=O)C2C(Sc2ccccc2)c2ccc3c(c2)OCO3)cc1OC. The molecule has 5 rings (SSSR count). The zero-order valence-corrected chi connectivity index (χ0v) is 20.2. The molecule has 4 unspecified atom stereocenters. The summed E-state index contributed by atoms with van der Waals surface area (Å²) in [5, 5.41) is 11.1. The van der Waals surface area contributed by atoms with Gasteiger partial charge >= 0.3 is 5.97 Å². The van der Waals surface area contributed by atoms with Crippen LogP contribution in [0.3, 0.4) is 0 Å². The number of aliphatic hydroxyl groups is 1. The highest BCUT2D eigenvalue weighted by molar-refractivity contribution is 7.99. The van der Waals surface area contributed by atoms with Crippen LogP contribution in [0.25, 0.3) is 0 Å². The summed E-state index contributed by atoms with van der Waals surface area (Å²) in [6.07, 6.45) is -0.945. The van der Waals surface area contributed by atoms with Crippen molar-refractivity contribution in [3.05, 3.63) is 77.9 Å². The Labute approximate surface area is 207 Å². The molecule has 0 aromatic heterocycles. The fourth-order valence-electron chi connectivity index (χ4n) is 4.56. The van der Waals surface area contributed by atoms with E-state index in [2.05, 4.69) is 0 Å². The van der Waals surface area contributed by atoms with E-state index in [4.69, 9.17) is 23.7 Å². The molecular formula is C27H26O7S. The number of ether oxygens (including phenoxy) is 5. The molecule has 0 saturated carbocycles. The molecule has 8 heteroatoms. The predicted octanol–water partition coefficient (Wildman–Crippen LogP) is 4.79. The van der Waals surface area contributed by atoms with Crippen LogP contribution in [-0.2, 0) is 9.53 Å². The first-order valence-corrected chi connectivity index (χ1v) is 12.1. The lowest BCUT2D eigenvalue weighted by molar-refractivity contribution is -0.141. The Bertz CT molecular complexity index is 1200. The van der Waals surface area contributed by atoms with Gasteiger partial charge in [-0.15, -0.1) is 11.8 Å². The standard InChI is InChI=1S/C27H26O7S/c1-30-20-10-8-16(12-22(20)31-2)25(28)19-14-32-27(29)24(19)26(35-18-6-4-3-5-7-18)17-9-11-21-23(13-17)34-15-33-21/h3-13,19,24-26,28H,14-15H2,1-2H3. The molecule has 35 heavy (non-hydrogen) atoms. The number of fused-ring (bicyclic) bond motifs is 1. The summed E-state index contributed by atoms with van der Waals surface area (Å²) >= 11 is 1.57. The number of cyclic esters (lactones) is 1. The maximum Gasteiger partial charge on any atom is 0.310 e. The predicted molar refractivity (Wildman–Crippen MR) is 130 cm³/mol. The maximum absolute atomic E-state index is 13.1. The number of esters is 1. The van der Waals surface area contributed by atoms with Gasteiger partial charge in [0.15, 0.2) is 23.0 Å². The van der Waals surface area contributed by atoms with Crippen molar-refractivity contribution in [1.82, 2.24) is 0 Å². The number of carbonyl (C=O) groups is 1. The second-order valence-electron chi connectivity index (χ2n) is 8.34. The number of thioether (sulfide) groups is 1. The van der Waals surface area contributed by atoms with Crippen molar-refractivity contribution in [3.8, 4) is 23.0 Å². The van der Waals surface area contributed by atoms with Gasteiger partial charge in [0.05, 0.1) is 32.8 Å². The Kier molecular flexibility index (Phi) is 6.74. The molecule has 2 aliphatic heterocycles. The molecular weight excluding hydrogens is 468 g/mol. The van der Waals surface area contributed by atoms with Gasteiger partial charge in [-0.2, -0.15) is 0 Å². The molecule has 0 bridgehead atoms. The smallest absolute Gasteiger partial charge is 0.310 e. The second kappa shape index (κ2) is 10.1. The first kappa shape index (κ1) is 23.4. The van der Waals surface area contributed by atoms with Crippen molar-refractivity contribution < 1.29 is 33.6 Å². The average Bonchev–Trinajstić information content (AvgIpc) is 3.53. The minimum Gasteiger partial charge on any atom is -0.493 e. The molecule has 2 aliphatic rings. The quantitative estimate of drug-likeness (QED) is 0.354. The largest absolute Gasteiger partial charge is 0.493 e. The molecule has 182 valence electrons. The third-order valence-corrected chi connectivity index (χ3v) is 7.73. The summed E-state index contributed by atoms with van der Waals surface area (Å²) in [5.74, 6) is 1.00. The first-order chi connectivity index (χ1) is 17.1. The topological polar surface area (TPSA) is 83.5 Å². The normalized spacial score (nSPS) is 20.3. The van der Waals surface area contributed by atoms with Crippen molar-refractivity contribution in [2.75, 3.05) is 27.6 Å². The Morgan fingerprint density at radius 3 is 2.40 bits per heavy atom. The highest BCUT2D eigenvalue weighted by Crippen LogP contribution is 2.51. The fraction of sp³-hybridized carbons (Fsp3) is 0.296. The van der Waals surface area contributed by atoms with E-state index in [0.29, 0.717) is 28.6 Å². The summed E-state index contributed by atoms with van der Waals surface area (Å²) < 4.78 is 27.3. The van der Waals surface area contributed by atoms with Gasteiger partial charge in [-0.1, -0.05) is 30.3 Å². The lowest BCUT2D eigenvalue weighted by Gasteiger charge is -2.28. The number of methoxy groups -OCH3 is 2. The maximum atomic E-state index is 13.1. The van der Waals surface area contributed by atoms with Gasteiger partial charge < -0.3 is 28.8 Å². The van der Waals surface area contributed by atoms with Gasteiger partial charge in [-0.05, 0) is 47.5 Å². The Balaban J connectivity index is 1.51. The van der Waals surface area contributed by atoms with E-state index in [9.17, 15) is 9.90 Å². The van der Waals surface area contributed by atoms with Gasteiger partial charge in [0.25, 0.3) is 0 Å². The van der Waals surface area contributed by atoms with Gasteiger partial charge in [-0.25, -0.2) is 0 Å². The van der Waals surface area contributed by atoms with E-state index in [1.54, 1.807) is 44.2 Å². The average molecular weight is 495 g/mol. The molecule has 2 heterocycles. The van der Waals surface area contributed by atoms with Crippen molar-refractivity contribution >= 4 is 17.7 Å². The van der Waals surface area contributed by atoms with Gasteiger partial charge in [0.1, 0.15) is 0 Å². The van der Waals surface area contributed by atoms with E-state index >= 15 is 0 Å². The molecule has 3 aromatic rings. The number of benzene rings is 3. The third-order valence-electron chi connectivity index (χ3n) is 6.36. The summed E-state index contributed by atoms with van der Waals surface area (Å²) in [6, 6.07) is 20.9. The second-order valence-corrected chi connectivity index (χ2v) is 9.56. The van der Waals surface area contributed by atoms with Crippen LogP contribution in [0.5, 0.6) is 23.0 Å². The first-order valence-electron chi connectivity index (χ1n) is 11.3. The van der Waals surface area contributed by atoms with Crippen LogP contribution >= 0.6 is 11.8 Å². The molecule has 1 N–H and O–H groups in total. The molecule has 1 fully saturated rings. The molecule has 3 aromatic carbocycles. The molecule has 1 saturated heterocycles. The zero-order chi connectivity index (χ0) is 24.4. The lowest BCUT2D eigenvalue weighted by atomic mass is 9.82. The minimum atomic E-state index is -0.945. The number of carbonyl (C=O) groups excluding carboxylic acids is 1. The molecule has 0 amide bonds. The Morgan fingerprint density at radius 1 is 0.886 bits per heavy atom.